The van der Waals surface area contributed by atoms with Gasteiger partial charge in [-0.05, 0) is 30.9 Å². The predicted molar refractivity (Wildman–Crippen MR) is 106 cm³/mol. The van der Waals surface area contributed by atoms with Crippen LogP contribution in [0.15, 0.2) is 48.8 Å². The van der Waals surface area contributed by atoms with Gasteiger partial charge in [0.2, 0.25) is 0 Å². The quantitative estimate of drug-likeness (QED) is 0.684. The van der Waals surface area contributed by atoms with Crippen LogP contribution < -0.4 is 0 Å². The second kappa shape index (κ2) is 7.91. The lowest BCUT2D eigenvalue weighted by molar-refractivity contribution is 0.0687. The largest absolute Gasteiger partial charge is 0.337 e. The number of rotatable bonds is 5. The minimum atomic E-state index is -0.00525. The molecule has 1 aliphatic carbocycles. The van der Waals surface area contributed by atoms with E-state index in [4.69, 9.17) is 0 Å². The Bertz CT molecular complexity index is 927. The van der Waals surface area contributed by atoms with E-state index in [-0.39, 0.29) is 5.91 Å². The Labute approximate surface area is 160 Å². The van der Waals surface area contributed by atoms with Crippen LogP contribution in [0.4, 0.5) is 0 Å². The van der Waals surface area contributed by atoms with Gasteiger partial charge in [-0.25, -0.2) is 9.97 Å². The molecule has 5 nitrogen and oxygen atoms in total. The summed E-state index contributed by atoms with van der Waals surface area (Å²) in [5, 5.41) is 1.05. The van der Waals surface area contributed by atoms with Crippen LogP contribution in [0.5, 0.6) is 0 Å². The standard InChI is InChI=1S/C22H26N4O/c1-25-14-13-23-21(25)16-26(15-17-7-3-2-4-8-17)22(27)20-12-11-18-9-5-6-10-19(18)24-20/h5-6,9-14,17H,2-4,7-8,15-16H2,1H3. The molecular weight excluding hydrogens is 336 g/mol. The number of hydrogen-bond donors (Lipinski definition) is 0. The molecule has 1 saturated carbocycles. The Hall–Kier alpha value is -2.69. The molecule has 1 amide bonds. The van der Waals surface area contributed by atoms with Crippen LogP contribution in [0.25, 0.3) is 10.9 Å². The number of aromatic nitrogens is 3. The third-order valence-corrected chi connectivity index (χ3v) is 5.56. The summed E-state index contributed by atoms with van der Waals surface area (Å²) in [4.78, 5) is 24.3. The SMILES string of the molecule is Cn1ccnc1CN(CC1CCCCC1)C(=O)c1ccc2ccccc2n1. The number of carbonyl (C=O) groups excluding carboxylic acids is 1. The number of pyridine rings is 1. The van der Waals surface area contributed by atoms with E-state index in [0.29, 0.717) is 18.2 Å². The minimum Gasteiger partial charge on any atom is -0.337 e. The van der Waals surface area contributed by atoms with Crippen molar-refractivity contribution in [2.24, 2.45) is 13.0 Å². The van der Waals surface area contributed by atoms with Crippen LogP contribution in [0.1, 0.15) is 48.4 Å². The van der Waals surface area contributed by atoms with Crippen LogP contribution in [0.2, 0.25) is 0 Å². The molecule has 1 aromatic carbocycles. The number of aryl methyl sites for hydroxylation is 1. The smallest absolute Gasteiger partial charge is 0.272 e. The van der Waals surface area contributed by atoms with Gasteiger partial charge in [0.25, 0.3) is 5.91 Å². The van der Waals surface area contributed by atoms with Crippen LogP contribution in [-0.4, -0.2) is 31.9 Å². The highest BCUT2D eigenvalue weighted by atomic mass is 16.2. The van der Waals surface area contributed by atoms with E-state index in [0.717, 1.165) is 23.3 Å². The Kier molecular flexibility index (Phi) is 5.19. The number of benzene rings is 1. The molecule has 1 aliphatic rings. The minimum absolute atomic E-state index is 0.00525. The molecule has 2 heterocycles. The molecule has 140 valence electrons. The van der Waals surface area contributed by atoms with Gasteiger partial charge in [-0.3, -0.25) is 4.79 Å². The zero-order chi connectivity index (χ0) is 18.6. The van der Waals surface area contributed by atoms with Crippen molar-refractivity contribution in [3.63, 3.8) is 0 Å². The Morgan fingerprint density at radius 1 is 1.15 bits per heavy atom. The van der Waals surface area contributed by atoms with Gasteiger partial charge in [-0.1, -0.05) is 43.5 Å². The summed E-state index contributed by atoms with van der Waals surface area (Å²) >= 11 is 0. The number of amides is 1. The molecule has 27 heavy (non-hydrogen) atoms. The molecular formula is C22H26N4O. The molecule has 0 N–H and O–H groups in total. The first-order valence-electron chi connectivity index (χ1n) is 9.82. The lowest BCUT2D eigenvalue weighted by atomic mass is 9.89. The van der Waals surface area contributed by atoms with Crippen molar-refractivity contribution in [2.75, 3.05) is 6.54 Å². The van der Waals surface area contributed by atoms with Crippen molar-refractivity contribution < 1.29 is 4.79 Å². The highest BCUT2D eigenvalue weighted by Crippen LogP contribution is 2.25. The first-order valence-corrected chi connectivity index (χ1v) is 9.82. The van der Waals surface area contributed by atoms with E-state index < -0.39 is 0 Å². The van der Waals surface area contributed by atoms with Gasteiger partial charge in [-0.15, -0.1) is 0 Å². The molecule has 5 heteroatoms. The summed E-state index contributed by atoms with van der Waals surface area (Å²) in [5.74, 6) is 1.47. The Balaban J connectivity index is 1.60. The second-order valence-corrected chi connectivity index (χ2v) is 7.53. The van der Waals surface area contributed by atoms with Gasteiger partial charge in [0, 0.05) is 31.4 Å². The fraction of sp³-hybridized carbons (Fsp3) is 0.409. The van der Waals surface area contributed by atoms with Crippen molar-refractivity contribution in [3.8, 4) is 0 Å². The van der Waals surface area contributed by atoms with Crippen LogP contribution in [0, 0.1) is 5.92 Å². The lowest BCUT2D eigenvalue weighted by Gasteiger charge is -2.29. The first-order chi connectivity index (χ1) is 13.2. The van der Waals surface area contributed by atoms with Gasteiger partial charge in [0.1, 0.15) is 11.5 Å². The van der Waals surface area contributed by atoms with Gasteiger partial charge in [0.05, 0.1) is 12.1 Å². The second-order valence-electron chi connectivity index (χ2n) is 7.53. The molecule has 0 atom stereocenters. The molecule has 4 rings (SSSR count). The zero-order valence-electron chi connectivity index (χ0n) is 15.8. The summed E-state index contributed by atoms with van der Waals surface area (Å²) in [6.07, 6.45) is 9.97. The summed E-state index contributed by atoms with van der Waals surface area (Å²) in [6, 6.07) is 11.7. The average molecular weight is 362 g/mol. The number of para-hydroxylation sites is 1. The van der Waals surface area contributed by atoms with Crippen molar-refractivity contribution in [1.82, 2.24) is 19.4 Å². The van der Waals surface area contributed by atoms with Crippen LogP contribution in [-0.2, 0) is 13.6 Å². The van der Waals surface area contributed by atoms with E-state index in [2.05, 4.69) is 9.97 Å². The number of fused-ring (bicyclic) bond motifs is 1. The number of hydrogen-bond acceptors (Lipinski definition) is 3. The normalized spacial score (nSPS) is 15.1. The molecule has 0 unspecified atom stereocenters. The fourth-order valence-electron chi connectivity index (χ4n) is 3.97. The van der Waals surface area contributed by atoms with Gasteiger partial charge in [-0.2, -0.15) is 0 Å². The van der Waals surface area contributed by atoms with E-state index in [1.165, 1.54) is 32.1 Å². The molecule has 3 aromatic rings. The van der Waals surface area contributed by atoms with Gasteiger partial charge in [0.15, 0.2) is 0 Å². The van der Waals surface area contributed by atoms with Crippen LogP contribution >= 0.6 is 0 Å². The maximum absolute atomic E-state index is 13.3. The molecule has 0 bridgehead atoms. The Morgan fingerprint density at radius 3 is 2.74 bits per heavy atom. The van der Waals surface area contributed by atoms with E-state index in [1.54, 1.807) is 6.20 Å². The number of imidazole rings is 1. The van der Waals surface area contributed by atoms with Crippen LogP contribution in [0.3, 0.4) is 0 Å². The molecule has 0 spiro atoms. The summed E-state index contributed by atoms with van der Waals surface area (Å²) in [7, 11) is 1.97. The summed E-state index contributed by atoms with van der Waals surface area (Å²) < 4.78 is 1.98. The molecule has 1 fully saturated rings. The van der Waals surface area contributed by atoms with E-state index >= 15 is 0 Å². The van der Waals surface area contributed by atoms with Crippen molar-refractivity contribution in [1.29, 1.82) is 0 Å². The molecule has 0 saturated heterocycles. The van der Waals surface area contributed by atoms with Gasteiger partial charge >= 0.3 is 0 Å². The fourth-order valence-corrected chi connectivity index (χ4v) is 3.97. The zero-order valence-corrected chi connectivity index (χ0v) is 15.8. The maximum Gasteiger partial charge on any atom is 0.272 e. The third-order valence-electron chi connectivity index (χ3n) is 5.56. The average Bonchev–Trinajstić information content (AvgIpc) is 3.12. The lowest BCUT2D eigenvalue weighted by Crippen LogP contribution is -2.36. The highest BCUT2D eigenvalue weighted by molar-refractivity contribution is 5.94. The molecule has 0 radical (unpaired) electrons. The van der Waals surface area contributed by atoms with E-state index in [9.17, 15) is 4.79 Å². The van der Waals surface area contributed by atoms with Crippen molar-refractivity contribution >= 4 is 16.8 Å². The summed E-state index contributed by atoms with van der Waals surface area (Å²) in [5.41, 5.74) is 1.37. The molecule has 0 aliphatic heterocycles. The van der Waals surface area contributed by atoms with E-state index in [1.807, 2.05) is 59.1 Å². The third kappa shape index (κ3) is 4.02. The monoisotopic (exact) mass is 362 g/mol. The highest BCUT2D eigenvalue weighted by Gasteiger charge is 2.24. The maximum atomic E-state index is 13.3. The topological polar surface area (TPSA) is 51.0 Å². The first kappa shape index (κ1) is 17.7. The predicted octanol–water partition coefficient (Wildman–Crippen LogP) is 4.19. The van der Waals surface area contributed by atoms with Crippen molar-refractivity contribution in [3.05, 3.63) is 60.3 Å². The molecule has 2 aromatic heterocycles. The number of nitrogens with zero attached hydrogens (tertiary/aromatic N) is 4. The van der Waals surface area contributed by atoms with Gasteiger partial charge < -0.3 is 9.47 Å². The Morgan fingerprint density at radius 2 is 1.96 bits per heavy atom. The number of carbonyl (C=O) groups is 1. The van der Waals surface area contributed by atoms with Crippen molar-refractivity contribution in [2.45, 2.75) is 38.6 Å². The summed E-state index contributed by atoms with van der Waals surface area (Å²) in [6.45, 7) is 1.30.